The Labute approximate surface area is 96.9 Å². The van der Waals surface area contributed by atoms with E-state index in [0.29, 0.717) is 17.1 Å². The third-order valence-corrected chi connectivity index (χ3v) is 2.44. The highest BCUT2D eigenvalue weighted by Gasteiger charge is 2.16. The molecule has 0 atom stereocenters. The van der Waals surface area contributed by atoms with Gasteiger partial charge in [0.1, 0.15) is 11.5 Å². The number of imidazole rings is 1. The molecule has 0 fully saturated rings. The highest BCUT2D eigenvalue weighted by atomic mass is 19.3. The van der Waals surface area contributed by atoms with Crippen molar-refractivity contribution in [1.29, 1.82) is 5.26 Å². The van der Waals surface area contributed by atoms with Crippen LogP contribution in [0.25, 0.3) is 5.69 Å². The van der Waals surface area contributed by atoms with Crippen LogP contribution >= 0.6 is 0 Å². The van der Waals surface area contributed by atoms with E-state index in [1.807, 2.05) is 6.07 Å². The Morgan fingerprint density at radius 2 is 1.94 bits per heavy atom. The molecule has 2 aromatic rings. The second kappa shape index (κ2) is 4.34. The number of alkyl halides is 2. The van der Waals surface area contributed by atoms with Gasteiger partial charge in [-0.05, 0) is 31.2 Å². The monoisotopic (exact) mass is 233 g/mol. The maximum atomic E-state index is 12.8. The molecule has 1 aromatic carbocycles. The fraction of sp³-hybridized carbons (Fsp3) is 0.167. The molecule has 1 aromatic heterocycles. The first-order valence-corrected chi connectivity index (χ1v) is 4.96. The van der Waals surface area contributed by atoms with Crippen molar-refractivity contribution in [3.8, 4) is 11.8 Å². The Balaban J connectivity index is 2.52. The molecule has 86 valence electrons. The van der Waals surface area contributed by atoms with Gasteiger partial charge in [-0.1, -0.05) is 0 Å². The van der Waals surface area contributed by atoms with Gasteiger partial charge in [-0.15, -0.1) is 0 Å². The minimum atomic E-state index is -2.58. The molecule has 0 amide bonds. The fourth-order valence-electron chi connectivity index (χ4n) is 1.64. The van der Waals surface area contributed by atoms with Gasteiger partial charge in [0.25, 0.3) is 6.43 Å². The van der Waals surface area contributed by atoms with Crippen LogP contribution in [0, 0.1) is 18.3 Å². The summed E-state index contributed by atoms with van der Waals surface area (Å²) in [6.45, 7) is 1.66. The molecule has 2 rings (SSSR count). The molecule has 0 spiro atoms. The molecular formula is C12H9F2N3. The largest absolute Gasteiger partial charge is 0.295 e. The van der Waals surface area contributed by atoms with Crippen LogP contribution < -0.4 is 0 Å². The van der Waals surface area contributed by atoms with Gasteiger partial charge >= 0.3 is 0 Å². The van der Waals surface area contributed by atoms with Gasteiger partial charge in [-0.2, -0.15) is 5.26 Å². The van der Waals surface area contributed by atoms with Crippen molar-refractivity contribution in [1.82, 2.24) is 9.55 Å². The molecule has 17 heavy (non-hydrogen) atoms. The van der Waals surface area contributed by atoms with E-state index in [2.05, 4.69) is 4.98 Å². The van der Waals surface area contributed by atoms with E-state index in [9.17, 15) is 8.78 Å². The highest BCUT2D eigenvalue weighted by Crippen LogP contribution is 2.23. The lowest BCUT2D eigenvalue weighted by Crippen LogP contribution is -2.02. The molecule has 0 radical (unpaired) electrons. The minimum absolute atomic E-state index is 0.146. The number of aryl methyl sites for hydroxylation is 1. The zero-order chi connectivity index (χ0) is 12.4. The van der Waals surface area contributed by atoms with Gasteiger partial charge in [-0.3, -0.25) is 4.57 Å². The van der Waals surface area contributed by atoms with Crippen LogP contribution in [0.15, 0.2) is 30.5 Å². The van der Waals surface area contributed by atoms with Crippen LogP contribution in [0.5, 0.6) is 0 Å². The van der Waals surface area contributed by atoms with Gasteiger partial charge in [-0.25, -0.2) is 13.8 Å². The summed E-state index contributed by atoms with van der Waals surface area (Å²) in [7, 11) is 0. The number of halogens is 2. The van der Waals surface area contributed by atoms with Crippen molar-refractivity contribution in [2.75, 3.05) is 0 Å². The lowest BCUT2D eigenvalue weighted by molar-refractivity contribution is 0.144. The fourth-order valence-corrected chi connectivity index (χ4v) is 1.64. The molecule has 0 aliphatic rings. The third-order valence-electron chi connectivity index (χ3n) is 2.44. The zero-order valence-corrected chi connectivity index (χ0v) is 9.06. The molecule has 0 N–H and O–H groups in total. The van der Waals surface area contributed by atoms with Crippen LogP contribution in [-0.2, 0) is 0 Å². The van der Waals surface area contributed by atoms with Crippen molar-refractivity contribution < 1.29 is 8.78 Å². The number of hydrogen-bond acceptors (Lipinski definition) is 2. The SMILES string of the molecule is Cc1ncc(C(F)F)n1-c1ccc(C#N)cc1. The van der Waals surface area contributed by atoms with E-state index in [1.165, 1.54) is 4.57 Å². The van der Waals surface area contributed by atoms with Crippen molar-refractivity contribution in [2.24, 2.45) is 0 Å². The lowest BCUT2D eigenvalue weighted by Gasteiger charge is -2.09. The van der Waals surface area contributed by atoms with E-state index in [-0.39, 0.29) is 5.69 Å². The predicted molar refractivity (Wildman–Crippen MR) is 58.0 cm³/mol. The quantitative estimate of drug-likeness (QED) is 0.800. The summed E-state index contributed by atoms with van der Waals surface area (Å²) in [5.41, 5.74) is 0.923. The maximum absolute atomic E-state index is 12.8. The molecule has 0 saturated heterocycles. The number of aromatic nitrogens is 2. The van der Waals surface area contributed by atoms with E-state index in [1.54, 1.807) is 31.2 Å². The predicted octanol–water partition coefficient (Wildman–Crippen LogP) is 2.99. The first kappa shape index (κ1) is 11.3. The Bertz CT molecular complexity index is 564. The summed E-state index contributed by atoms with van der Waals surface area (Å²) in [6, 6.07) is 8.40. The van der Waals surface area contributed by atoms with Crippen molar-refractivity contribution in [3.05, 3.63) is 47.5 Å². The first-order chi connectivity index (χ1) is 8.13. The molecule has 5 heteroatoms. The van der Waals surface area contributed by atoms with Crippen LogP contribution in [0.2, 0.25) is 0 Å². The molecular weight excluding hydrogens is 224 g/mol. The lowest BCUT2D eigenvalue weighted by atomic mass is 10.2. The average molecular weight is 233 g/mol. The zero-order valence-electron chi connectivity index (χ0n) is 9.06. The topological polar surface area (TPSA) is 41.6 Å². The normalized spacial score (nSPS) is 10.5. The van der Waals surface area contributed by atoms with Crippen molar-refractivity contribution in [3.63, 3.8) is 0 Å². The van der Waals surface area contributed by atoms with Gasteiger partial charge < -0.3 is 0 Å². The summed E-state index contributed by atoms with van der Waals surface area (Å²) in [5, 5.41) is 8.67. The number of nitrogens with zero attached hydrogens (tertiary/aromatic N) is 3. The van der Waals surface area contributed by atoms with Gasteiger partial charge in [0, 0.05) is 5.69 Å². The van der Waals surface area contributed by atoms with E-state index < -0.39 is 6.43 Å². The van der Waals surface area contributed by atoms with Crippen LogP contribution in [0.3, 0.4) is 0 Å². The molecule has 0 saturated carbocycles. The number of rotatable bonds is 2. The van der Waals surface area contributed by atoms with Crippen LogP contribution in [0.1, 0.15) is 23.5 Å². The van der Waals surface area contributed by atoms with E-state index >= 15 is 0 Å². The number of benzene rings is 1. The second-order valence-electron chi connectivity index (χ2n) is 3.53. The molecule has 0 aliphatic carbocycles. The van der Waals surface area contributed by atoms with E-state index in [4.69, 9.17) is 5.26 Å². The smallest absolute Gasteiger partial charge is 0.280 e. The van der Waals surface area contributed by atoms with Gasteiger partial charge in [0.05, 0.1) is 17.8 Å². The Morgan fingerprint density at radius 3 is 2.47 bits per heavy atom. The summed E-state index contributed by atoms with van der Waals surface area (Å²) in [5.74, 6) is 0.491. The third kappa shape index (κ3) is 2.02. The molecule has 0 aliphatic heterocycles. The summed E-state index contributed by atoms with van der Waals surface area (Å²) < 4.78 is 26.9. The minimum Gasteiger partial charge on any atom is -0.295 e. The van der Waals surface area contributed by atoms with Crippen LogP contribution in [0.4, 0.5) is 8.78 Å². The second-order valence-corrected chi connectivity index (χ2v) is 3.53. The van der Waals surface area contributed by atoms with Gasteiger partial charge in [0.2, 0.25) is 0 Å². The first-order valence-electron chi connectivity index (χ1n) is 4.96. The molecule has 0 unspecified atom stereocenters. The standard InChI is InChI=1S/C12H9F2N3/c1-8-16-7-11(12(13)14)17(8)10-4-2-9(6-15)3-5-10/h2-5,7,12H,1H3. The Hall–Kier alpha value is -2.22. The molecule has 0 bridgehead atoms. The van der Waals surface area contributed by atoms with E-state index in [0.717, 1.165) is 6.20 Å². The Kier molecular flexibility index (Phi) is 2.88. The molecule has 3 nitrogen and oxygen atoms in total. The van der Waals surface area contributed by atoms with Crippen molar-refractivity contribution >= 4 is 0 Å². The molecule has 1 heterocycles. The average Bonchev–Trinajstić information content (AvgIpc) is 2.71. The summed E-state index contributed by atoms with van der Waals surface area (Å²) in [4.78, 5) is 3.87. The van der Waals surface area contributed by atoms with Crippen LogP contribution in [-0.4, -0.2) is 9.55 Å². The van der Waals surface area contributed by atoms with Gasteiger partial charge in [0.15, 0.2) is 0 Å². The summed E-state index contributed by atoms with van der Waals surface area (Å²) in [6.07, 6.45) is -1.41. The number of nitriles is 1. The highest BCUT2D eigenvalue weighted by molar-refractivity contribution is 5.41. The maximum Gasteiger partial charge on any atom is 0.280 e. The number of hydrogen-bond donors (Lipinski definition) is 0. The van der Waals surface area contributed by atoms with Crippen molar-refractivity contribution in [2.45, 2.75) is 13.3 Å². The summed E-state index contributed by atoms with van der Waals surface area (Å²) >= 11 is 0. The Morgan fingerprint density at radius 1 is 1.29 bits per heavy atom.